The van der Waals surface area contributed by atoms with Crippen LogP contribution in [0.15, 0.2) is 227 Å². The first-order valence-corrected chi connectivity index (χ1v) is 40.8. The predicted octanol–water partition coefficient (Wildman–Crippen LogP) is 15.5. The predicted molar refractivity (Wildman–Crippen MR) is 469 cm³/mol. The van der Waals surface area contributed by atoms with Gasteiger partial charge in [-0.05, 0) is 161 Å². The van der Waals surface area contributed by atoms with Crippen molar-refractivity contribution in [3.05, 3.63) is 325 Å². The molecule has 12 aromatic rings. The van der Waals surface area contributed by atoms with E-state index in [9.17, 15) is 43.2 Å². The van der Waals surface area contributed by atoms with Crippen LogP contribution in [0.3, 0.4) is 0 Å². The summed E-state index contributed by atoms with van der Waals surface area (Å²) in [6, 6.07) is 65.6. The van der Waals surface area contributed by atoms with Crippen LogP contribution >= 0.6 is 34.8 Å². The Balaban J connectivity index is 0.000000155. The Kier molecular flexibility index (Phi) is 27.1. The Morgan fingerprint density at radius 2 is 0.630 bits per heavy atom. The SMILES string of the molecule is CCOC(=O)c1c(N2CCN(C(=O)c3ccc(Cl)c(Cl)c3)CC2)c2cc(C)ccc2n(Cc2ccccc2)c1=O.CCOC(=O)c1c(N2CCN(C(=O)c3ccc(Cl)cc3)CC2)c2cc(C)ccc2n(Cc2ccccc2)c1=O.CCOC(=O)c1c(N2CCN(C(=O)c3ccc(OC)cc3)CC2)c2cc(C)ccc2n(Cc2ccccc2)c1=O. The van der Waals surface area contributed by atoms with Crippen molar-refractivity contribution >= 4 is 120 Å². The molecule has 3 aliphatic rings. The van der Waals surface area contributed by atoms with Crippen molar-refractivity contribution in [3.63, 3.8) is 0 Å². The average Bonchev–Trinajstić information content (AvgIpc) is 0.751. The summed E-state index contributed by atoms with van der Waals surface area (Å²) in [7, 11) is 1.59. The molecule has 0 radical (unpaired) electrons. The smallest absolute Gasteiger partial charge is 0.345 e. The summed E-state index contributed by atoms with van der Waals surface area (Å²) < 4.78 is 26.4. The van der Waals surface area contributed by atoms with Gasteiger partial charge in [0.05, 0.1) is 90.2 Å². The number of benzene rings is 9. The van der Waals surface area contributed by atoms with Crippen LogP contribution < -0.4 is 36.1 Å². The first kappa shape index (κ1) is 84.4. The largest absolute Gasteiger partial charge is 0.497 e. The number of amides is 3. The summed E-state index contributed by atoms with van der Waals surface area (Å²) in [5.41, 5.74) is 10.3. The maximum atomic E-state index is 14.0. The molecule has 15 rings (SSSR count). The number of carbonyl (C=O) groups is 6. The zero-order valence-corrected chi connectivity index (χ0v) is 69.7. The highest BCUT2D eigenvalue weighted by Gasteiger charge is 2.35. The number of nitrogens with zero attached hydrogens (tertiary/aromatic N) is 9. The summed E-state index contributed by atoms with van der Waals surface area (Å²) >= 11 is 18.1. The van der Waals surface area contributed by atoms with E-state index in [0.717, 1.165) is 66.1 Å². The van der Waals surface area contributed by atoms with E-state index in [-0.39, 0.29) is 65.4 Å². The lowest BCUT2D eigenvalue weighted by molar-refractivity contribution is 0.0514. The van der Waals surface area contributed by atoms with Gasteiger partial charge in [0.2, 0.25) is 0 Å². The Bertz CT molecular complexity index is 5960. The van der Waals surface area contributed by atoms with Crippen molar-refractivity contribution in [3.8, 4) is 5.75 Å². The number of aryl methyl sites for hydroxylation is 3. The monoisotopic (exact) mass is 1660 g/mol. The van der Waals surface area contributed by atoms with E-state index in [1.165, 1.54) is 0 Å². The number of anilines is 3. The zero-order chi connectivity index (χ0) is 84.1. The third kappa shape index (κ3) is 18.9. The van der Waals surface area contributed by atoms with Gasteiger partial charge in [-0.25, -0.2) is 14.4 Å². The summed E-state index contributed by atoms with van der Waals surface area (Å²) in [6.07, 6.45) is 0. The molecule has 0 N–H and O–H groups in total. The van der Waals surface area contributed by atoms with Gasteiger partial charge in [0.25, 0.3) is 34.4 Å². The van der Waals surface area contributed by atoms with Gasteiger partial charge in [0.1, 0.15) is 22.4 Å². The normalized spacial score (nSPS) is 13.5. The highest BCUT2D eigenvalue weighted by atomic mass is 35.5. The van der Waals surface area contributed by atoms with Crippen molar-refractivity contribution in [1.82, 2.24) is 28.4 Å². The molecule has 0 spiro atoms. The minimum Gasteiger partial charge on any atom is -0.497 e. The Morgan fingerprint density at radius 1 is 0.336 bits per heavy atom. The lowest BCUT2D eigenvalue weighted by atomic mass is 10.0. The summed E-state index contributed by atoms with van der Waals surface area (Å²) in [4.78, 5) is 133. The summed E-state index contributed by atoms with van der Waals surface area (Å²) in [6.45, 7) is 17.9. The Hall–Kier alpha value is -12.5. The standard InChI is InChI=1S/C32H33N3O5.C31H29Cl2N3O4.C31H30ClN3O4/c1-4-40-32(38)28-29(33-16-18-34(19-17-33)30(36)24-11-13-25(39-3)14-12-24)26-20-22(2)10-15-27(26)35(31(28)37)21-23-8-6-5-7-9-23;1-3-40-31(39)27-28(34-13-15-35(16-14-34)29(37)22-10-11-24(32)25(33)18-22)23-17-20(2)9-12-26(23)36(30(27)38)19-21-7-5-4-6-8-21;1-3-39-31(38)27-28(33-15-17-34(18-16-33)29(36)23-10-12-24(32)13-11-23)25-19-21(2)9-14-26(25)35(30(27)37)20-22-7-5-4-6-8-22/h5-15,20H,4,16-19,21H2,1-3H3;4-12,17-18H,3,13-16,19H2,1-2H3;4-14,19H,3,15-18,20H2,1-2H3. The van der Waals surface area contributed by atoms with Crippen LogP contribution in [0.4, 0.5) is 17.1 Å². The number of rotatable bonds is 19. The molecular formula is C94H92Cl3N9O13. The minimum absolute atomic E-state index is 0.0140. The summed E-state index contributed by atoms with van der Waals surface area (Å²) in [5.74, 6) is -1.52. The van der Waals surface area contributed by atoms with Crippen molar-refractivity contribution in [2.45, 2.75) is 61.2 Å². The molecule has 3 aliphatic heterocycles. The topological polar surface area (TPSA) is 225 Å². The fourth-order valence-corrected chi connectivity index (χ4v) is 15.9. The third-order valence-electron chi connectivity index (χ3n) is 21.4. The number of piperazine rings is 3. The van der Waals surface area contributed by atoms with Gasteiger partial charge in [-0.15, -0.1) is 0 Å². The van der Waals surface area contributed by atoms with E-state index >= 15 is 0 Å². The molecule has 3 saturated heterocycles. The van der Waals surface area contributed by atoms with Gasteiger partial charge in [-0.1, -0.05) is 161 Å². The molecule has 612 valence electrons. The average molecular weight is 1660 g/mol. The molecule has 25 heteroatoms. The molecular weight excluding hydrogens is 1570 g/mol. The van der Waals surface area contributed by atoms with Crippen LogP contribution in [0.25, 0.3) is 32.7 Å². The van der Waals surface area contributed by atoms with Gasteiger partial charge >= 0.3 is 17.9 Å². The highest BCUT2D eigenvalue weighted by Crippen LogP contribution is 2.37. The van der Waals surface area contributed by atoms with Gasteiger partial charge < -0.3 is 62.0 Å². The molecule has 3 fully saturated rings. The van der Waals surface area contributed by atoms with E-state index in [1.807, 2.05) is 181 Å². The van der Waals surface area contributed by atoms with E-state index < -0.39 is 23.5 Å². The molecule has 3 amide bonds. The molecule has 0 saturated carbocycles. The number of esters is 3. The van der Waals surface area contributed by atoms with Gasteiger partial charge in [0, 0.05) is 116 Å². The van der Waals surface area contributed by atoms with Crippen LogP contribution in [0.2, 0.25) is 15.1 Å². The number of hydrogen-bond donors (Lipinski definition) is 0. The molecule has 3 aromatic heterocycles. The van der Waals surface area contributed by atoms with Crippen LogP contribution in [0.5, 0.6) is 5.75 Å². The lowest BCUT2D eigenvalue weighted by Gasteiger charge is -2.37. The van der Waals surface area contributed by atoms with E-state index in [1.54, 1.807) is 123 Å². The van der Waals surface area contributed by atoms with Crippen molar-refractivity contribution in [1.29, 1.82) is 0 Å². The molecule has 0 unspecified atom stereocenters. The van der Waals surface area contributed by atoms with Crippen molar-refractivity contribution in [2.24, 2.45) is 0 Å². The second-order valence-electron chi connectivity index (χ2n) is 29.2. The maximum absolute atomic E-state index is 14.0. The molecule has 22 nitrogen and oxygen atoms in total. The van der Waals surface area contributed by atoms with Crippen molar-refractivity contribution in [2.75, 3.05) is 120 Å². The molecule has 0 bridgehead atoms. The number of ether oxygens (including phenoxy) is 4. The Labute approximate surface area is 704 Å². The number of methoxy groups -OCH3 is 1. The molecule has 6 heterocycles. The molecule has 119 heavy (non-hydrogen) atoms. The van der Waals surface area contributed by atoms with Crippen LogP contribution in [0, 0.1) is 20.8 Å². The highest BCUT2D eigenvalue weighted by molar-refractivity contribution is 6.42. The number of pyridine rings is 3. The van der Waals surface area contributed by atoms with E-state index in [0.29, 0.717) is 153 Å². The van der Waals surface area contributed by atoms with Gasteiger partial charge in [-0.3, -0.25) is 28.8 Å². The molecule has 0 aliphatic carbocycles. The Morgan fingerprint density at radius 3 is 0.924 bits per heavy atom. The van der Waals surface area contributed by atoms with E-state index in [4.69, 9.17) is 53.8 Å². The molecule has 9 aromatic carbocycles. The first-order chi connectivity index (χ1) is 57.6. The minimum atomic E-state index is -0.651. The second kappa shape index (κ2) is 38.3. The number of fused-ring (bicyclic) bond motifs is 3. The molecule has 0 atom stereocenters. The second-order valence-corrected chi connectivity index (χ2v) is 30.5. The quantitative estimate of drug-likeness (QED) is 0.0542. The number of halogens is 3. The maximum Gasteiger partial charge on any atom is 0.345 e. The van der Waals surface area contributed by atoms with Crippen LogP contribution in [-0.2, 0) is 33.8 Å². The van der Waals surface area contributed by atoms with Gasteiger partial charge in [-0.2, -0.15) is 0 Å². The number of hydrogen-bond acceptors (Lipinski definition) is 16. The number of aromatic nitrogens is 3. The van der Waals surface area contributed by atoms with Crippen LogP contribution in [0.1, 0.15) is 116 Å². The third-order valence-corrected chi connectivity index (χ3v) is 22.4. The van der Waals surface area contributed by atoms with Crippen LogP contribution in [-0.4, -0.2) is 169 Å². The van der Waals surface area contributed by atoms with Crippen molar-refractivity contribution < 1.29 is 47.7 Å². The number of carbonyl (C=O) groups excluding carboxylic acids is 6. The fraction of sp³-hybridized carbons (Fsp3) is 0.266. The fourth-order valence-electron chi connectivity index (χ4n) is 15.5. The first-order valence-electron chi connectivity index (χ1n) is 39.7. The lowest BCUT2D eigenvalue weighted by Crippen LogP contribution is -2.49. The summed E-state index contributed by atoms with van der Waals surface area (Å²) in [5, 5.41) is 3.70. The zero-order valence-electron chi connectivity index (χ0n) is 67.4. The van der Waals surface area contributed by atoms with E-state index in [2.05, 4.69) is 0 Å². The van der Waals surface area contributed by atoms with Gasteiger partial charge in [0.15, 0.2) is 0 Å².